The maximum absolute atomic E-state index is 14.0. The number of ether oxygens (including phenoxy) is 1. The van der Waals surface area contributed by atoms with E-state index in [1.54, 1.807) is 18.5 Å². The van der Waals surface area contributed by atoms with E-state index >= 15 is 0 Å². The highest BCUT2D eigenvalue weighted by molar-refractivity contribution is 5.30. The van der Waals surface area contributed by atoms with E-state index in [9.17, 15) is 4.39 Å². The molecular formula is C17H21FN2O. The molecule has 1 aromatic heterocycles. The molecule has 1 N–H and O–H groups in total. The zero-order valence-electron chi connectivity index (χ0n) is 12.5. The number of hydrogen-bond acceptors (Lipinski definition) is 3. The lowest BCUT2D eigenvalue weighted by molar-refractivity contribution is 0.319. The summed E-state index contributed by atoms with van der Waals surface area (Å²) < 4.78 is 19.7. The summed E-state index contributed by atoms with van der Waals surface area (Å²) in [7, 11) is 0. The van der Waals surface area contributed by atoms with Gasteiger partial charge >= 0.3 is 0 Å². The summed E-state index contributed by atoms with van der Waals surface area (Å²) in [5, 5.41) is 3.20. The first-order chi connectivity index (χ1) is 10.2. The molecule has 0 saturated heterocycles. The summed E-state index contributed by atoms with van der Waals surface area (Å²) in [5.41, 5.74) is 1.82. The molecule has 112 valence electrons. The number of nitrogens with one attached hydrogen (secondary N) is 1. The monoisotopic (exact) mass is 288 g/mol. The maximum Gasteiger partial charge on any atom is 0.131 e. The lowest BCUT2D eigenvalue weighted by atomic mass is 10.1. The van der Waals surface area contributed by atoms with Gasteiger partial charge in [-0.05, 0) is 37.2 Å². The molecule has 0 radical (unpaired) electrons. The Hall–Kier alpha value is -1.94. The van der Waals surface area contributed by atoms with Crippen molar-refractivity contribution in [3.63, 3.8) is 0 Å². The molecule has 0 aliphatic heterocycles. The Bertz CT molecular complexity index is 560. The van der Waals surface area contributed by atoms with E-state index in [-0.39, 0.29) is 11.9 Å². The summed E-state index contributed by atoms with van der Waals surface area (Å²) in [6, 6.07) is 8.95. The molecule has 0 aliphatic carbocycles. The van der Waals surface area contributed by atoms with Crippen LogP contribution >= 0.6 is 0 Å². The van der Waals surface area contributed by atoms with Crippen molar-refractivity contribution in [3.05, 3.63) is 59.7 Å². The van der Waals surface area contributed by atoms with Crippen molar-refractivity contribution in [2.45, 2.75) is 26.3 Å². The third-order valence-corrected chi connectivity index (χ3v) is 3.36. The Balaban J connectivity index is 1.91. The van der Waals surface area contributed by atoms with E-state index < -0.39 is 0 Å². The Morgan fingerprint density at radius 1 is 1.24 bits per heavy atom. The van der Waals surface area contributed by atoms with Crippen molar-refractivity contribution < 1.29 is 9.13 Å². The smallest absolute Gasteiger partial charge is 0.131 e. The van der Waals surface area contributed by atoms with Crippen molar-refractivity contribution in [2.24, 2.45) is 0 Å². The summed E-state index contributed by atoms with van der Waals surface area (Å²) in [5.74, 6) is 0.332. The Kier molecular flexibility index (Phi) is 5.69. The molecule has 2 rings (SSSR count). The molecule has 1 unspecified atom stereocenters. The van der Waals surface area contributed by atoms with Gasteiger partial charge < -0.3 is 10.1 Å². The first-order valence-electron chi connectivity index (χ1n) is 7.25. The Morgan fingerprint density at radius 3 is 2.67 bits per heavy atom. The largest absolute Gasteiger partial charge is 0.493 e. The second-order valence-electron chi connectivity index (χ2n) is 4.92. The van der Waals surface area contributed by atoms with Crippen LogP contribution in [0.4, 0.5) is 4.39 Å². The fraction of sp³-hybridized carbons (Fsp3) is 0.353. The van der Waals surface area contributed by atoms with E-state index in [4.69, 9.17) is 4.74 Å². The highest BCUT2D eigenvalue weighted by Crippen LogP contribution is 2.22. The number of halogens is 1. The van der Waals surface area contributed by atoms with Crippen LogP contribution in [0, 0.1) is 5.82 Å². The average molecular weight is 288 g/mol. The van der Waals surface area contributed by atoms with Crippen LogP contribution in [0.1, 0.15) is 31.0 Å². The number of benzene rings is 1. The Morgan fingerprint density at radius 2 is 2.00 bits per heavy atom. The fourth-order valence-electron chi connectivity index (χ4n) is 2.20. The predicted octanol–water partition coefficient (Wildman–Crippen LogP) is 3.51. The number of rotatable bonds is 7. The molecule has 0 bridgehead atoms. The van der Waals surface area contributed by atoms with E-state index in [1.807, 2.05) is 32.0 Å². The summed E-state index contributed by atoms with van der Waals surface area (Å²) in [6.07, 6.45) is 4.29. The SMILES string of the molecule is CCNC(C)c1ccc(OCCc2ccncc2)cc1F. The van der Waals surface area contributed by atoms with Gasteiger partial charge in [-0.15, -0.1) is 0 Å². The van der Waals surface area contributed by atoms with Gasteiger partial charge in [0.1, 0.15) is 11.6 Å². The van der Waals surface area contributed by atoms with Crippen LogP contribution in [0.2, 0.25) is 0 Å². The van der Waals surface area contributed by atoms with Gasteiger partial charge in [0.2, 0.25) is 0 Å². The van der Waals surface area contributed by atoms with Gasteiger partial charge in [-0.1, -0.05) is 13.0 Å². The topological polar surface area (TPSA) is 34.1 Å². The lowest BCUT2D eigenvalue weighted by Crippen LogP contribution is -2.18. The van der Waals surface area contributed by atoms with Gasteiger partial charge in [-0.3, -0.25) is 4.98 Å². The zero-order chi connectivity index (χ0) is 15.1. The second-order valence-corrected chi connectivity index (χ2v) is 4.92. The van der Waals surface area contributed by atoms with Crippen molar-refractivity contribution in [1.82, 2.24) is 10.3 Å². The van der Waals surface area contributed by atoms with Crippen LogP contribution in [0.25, 0.3) is 0 Å². The first-order valence-corrected chi connectivity index (χ1v) is 7.25. The summed E-state index contributed by atoms with van der Waals surface area (Å²) >= 11 is 0. The van der Waals surface area contributed by atoms with E-state index in [0.717, 1.165) is 18.5 Å². The third kappa shape index (κ3) is 4.53. The summed E-state index contributed by atoms with van der Waals surface area (Å²) in [4.78, 5) is 3.97. The summed E-state index contributed by atoms with van der Waals surface area (Å²) in [6.45, 7) is 5.28. The van der Waals surface area contributed by atoms with Crippen LogP contribution < -0.4 is 10.1 Å². The highest BCUT2D eigenvalue weighted by Gasteiger charge is 2.10. The minimum absolute atomic E-state index is 0.000804. The molecule has 0 saturated carbocycles. The van der Waals surface area contributed by atoms with Crippen LogP contribution in [0.3, 0.4) is 0 Å². The molecule has 0 spiro atoms. The quantitative estimate of drug-likeness (QED) is 0.846. The molecular weight excluding hydrogens is 267 g/mol. The maximum atomic E-state index is 14.0. The standard InChI is InChI=1S/C17H21FN2O/c1-3-20-13(2)16-5-4-15(12-17(16)18)21-11-8-14-6-9-19-10-7-14/h4-7,9-10,12-13,20H,3,8,11H2,1-2H3. The number of nitrogens with zero attached hydrogens (tertiary/aromatic N) is 1. The van der Waals surface area contributed by atoms with Gasteiger partial charge in [-0.2, -0.15) is 0 Å². The number of hydrogen-bond donors (Lipinski definition) is 1. The molecule has 2 aromatic rings. The number of aromatic nitrogens is 1. The average Bonchev–Trinajstić information content (AvgIpc) is 2.48. The van der Waals surface area contributed by atoms with Gasteiger partial charge in [0.15, 0.2) is 0 Å². The number of pyridine rings is 1. The van der Waals surface area contributed by atoms with E-state index in [1.165, 1.54) is 6.07 Å². The van der Waals surface area contributed by atoms with E-state index in [0.29, 0.717) is 17.9 Å². The van der Waals surface area contributed by atoms with Crippen LogP contribution in [0.5, 0.6) is 5.75 Å². The van der Waals surface area contributed by atoms with Crippen LogP contribution in [0.15, 0.2) is 42.7 Å². The normalized spacial score (nSPS) is 12.1. The van der Waals surface area contributed by atoms with Crippen LogP contribution in [-0.4, -0.2) is 18.1 Å². The first kappa shape index (κ1) is 15.4. The molecule has 4 heteroatoms. The molecule has 1 aromatic carbocycles. The minimum Gasteiger partial charge on any atom is -0.493 e. The molecule has 0 aliphatic rings. The molecule has 21 heavy (non-hydrogen) atoms. The van der Waals surface area contributed by atoms with Crippen molar-refractivity contribution in [1.29, 1.82) is 0 Å². The molecule has 1 heterocycles. The van der Waals surface area contributed by atoms with Gasteiger partial charge in [0.05, 0.1) is 6.61 Å². The van der Waals surface area contributed by atoms with Crippen molar-refractivity contribution in [3.8, 4) is 5.75 Å². The minimum atomic E-state index is -0.232. The zero-order valence-corrected chi connectivity index (χ0v) is 12.5. The lowest BCUT2D eigenvalue weighted by Gasteiger charge is -2.14. The van der Waals surface area contributed by atoms with Crippen molar-refractivity contribution in [2.75, 3.05) is 13.2 Å². The molecule has 0 amide bonds. The van der Waals surface area contributed by atoms with Gasteiger partial charge in [-0.25, -0.2) is 4.39 Å². The molecule has 0 fully saturated rings. The van der Waals surface area contributed by atoms with Gasteiger partial charge in [0, 0.05) is 36.5 Å². The van der Waals surface area contributed by atoms with E-state index in [2.05, 4.69) is 10.3 Å². The second kappa shape index (κ2) is 7.74. The molecule has 3 nitrogen and oxygen atoms in total. The highest BCUT2D eigenvalue weighted by atomic mass is 19.1. The van der Waals surface area contributed by atoms with Crippen LogP contribution in [-0.2, 0) is 6.42 Å². The van der Waals surface area contributed by atoms with Gasteiger partial charge in [0.25, 0.3) is 0 Å². The molecule has 1 atom stereocenters. The Labute approximate surface area is 125 Å². The third-order valence-electron chi connectivity index (χ3n) is 3.36. The fourth-order valence-corrected chi connectivity index (χ4v) is 2.20. The van der Waals surface area contributed by atoms with Crippen molar-refractivity contribution >= 4 is 0 Å². The predicted molar refractivity (Wildman–Crippen MR) is 81.9 cm³/mol.